The highest BCUT2D eigenvalue weighted by atomic mass is 16.5. The van der Waals surface area contributed by atoms with Crippen LogP contribution in [0.25, 0.3) is 0 Å². The molecule has 0 aromatic heterocycles. The number of para-hydroxylation sites is 1. The van der Waals surface area contributed by atoms with E-state index in [9.17, 15) is 9.59 Å². The van der Waals surface area contributed by atoms with E-state index in [1.165, 1.54) is 0 Å². The van der Waals surface area contributed by atoms with E-state index in [4.69, 9.17) is 4.74 Å². The van der Waals surface area contributed by atoms with Gasteiger partial charge in [-0.05, 0) is 32.4 Å². The largest absolute Gasteiger partial charge is 0.378 e. The molecular formula is C18H27N3O3. The standard InChI is InChI=1S/C18H27N3O3/c1-4-18(2,3)20-16(22)13-19-15-8-6-5-7-14(15)17(23)21-9-11-24-12-10-21/h5-8,19H,4,9-13H2,1-3H3,(H,20,22). The van der Waals surface area contributed by atoms with Crippen LogP contribution in [0.1, 0.15) is 37.6 Å². The van der Waals surface area contributed by atoms with Gasteiger partial charge >= 0.3 is 0 Å². The number of hydrogen-bond donors (Lipinski definition) is 2. The van der Waals surface area contributed by atoms with Crippen molar-refractivity contribution in [2.45, 2.75) is 32.7 Å². The van der Waals surface area contributed by atoms with E-state index in [1.807, 2.05) is 39.0 Å². The maximum atomic E-state index is 12.7. The van der Waals surface area contributed by atoms with Crippen molar-refractivity contribution in [2.24, 2.45) is 0 Å². The first-order valence-electron chi connectivity index (χ1n) is 8.44. The Bertz CT molecular complexity index is 581. The predicted octanol–water partition coefficient (Wildman–Crippen LogP) is 1.88. The Kier molecular flexibility index (Phi) is 6.20. The summed E-state index contributed by atoms with van der Waals surface area (Å²) in [5.74, 6) is -0.119. The minimum absolute atomic E-state index is 0.0318. The van der Waals surface area contributed by atoms with Gasteiger partial charge in [0.1, 0.15) is 0 Å². The summed E-state index contributed by atoms with van der Waals surface area (Å²) in [7, 11) is 0. The summed E-state index contributed by atoms with van der Waals surface area (Å²) < 4.78 is 5.29. The van der Waals surface area contributed by atoms with Gasteiger partial charge in [-0.15, -0.1) is 0 Å². The molecule has 24 heavy (non-hydrogen) atoms. The molecule has 1 aromatic carbocycles. The molecule has 6 heteroatoms. The first-order valence-corrected chi connectivity index (χ1v) is 8.44. The molecule has 1 heterocycles. The van der Waals surface area contributed by atoms with Gasteiger partial charge in [0.05, 0.1) is 25.3 Å². The van der Waals surface area contributed by atoms with Gasteiger partial charge in [0.15, 0.2) is 0 Å². The van der Waals surface area contributed by atoms with Crippen LogP contribution in [0.4, 0.5) is 5.69 Å². The van der Waals surface area contributed by atoms with Crippen LogP contribution >= 0.6 is 0 Å². The normalized spacial score (nSPS) is 15.0. The van der Waals surface area contributed by atoms with Crippen LogP contribution in [-0.4, -0.2) is 55.1 Å². The van der Waals surface area contributed by atoms with Gasteiger partial charge in [-0.1, -0.05) is 19.1 Å². The molecule has 0 spiro atoms. The van der Waals surface area contributed by atoms with Crippen LogP contribution < -0.4 is 10.6 Å². The fourth-order valence-electron chi connectivity index (χ4n) is 2.45. The topological polar surface area (TPSA) is 70.7 Å². The van der Waals surface area contributed by atoms with Crippen molar-refractivity contribution in [1.82, 2.24) is 10.2 Å². The maximum absolute atomic E-state index is 12.7. The number of nitrogens with one attached hydrogen (secondary N) is 2. The summed E-state index contributed by atoms with van der Waals surface area (Å²) in [6, 6.07) is 7.30. The molecule has 132 valence electrons. The Labute approximate surface area is 143 Å². The molecular weight excluding hydrogens is 306 g/mol. The average molecular weight is 333 g/mol. The molecule has 0 bridgehead atoms. The molecule has 1 aromatic rings. The highest BCUT2D eigenvalue weighted by Gasteiger charge is 2.22. The molecule has 0 unspecified atom stereocenters. The fourth-order valence-corrected chi connectivity index (χ4v) is 2.45. The molecule has 1 fully saturated rings. The van der Waals surface area contributed by atoms with Crippen LogP contribution in [0.5, 0.6) is 0 Å². The highest BCUT2D eigenvalue weighted by molar-refractivity contribution is 6.00. The van der Waals surface area contributed by atoms with Crippen molar-refractivity contribution < 1.29 is 14.3 Å². The maximum Gasteiger partial charge on any atom is 0.256 e. The molecule has 2 N–H and O–H groups in total. The number of morpholine rings is 1. The molecule has 1 aliphatic rings. The second kappa shape index (κ2) is 8.15. The molecule has 1 aliphatic heterocycles. The summed E-state index contributed by atoms with van der Waals surface area (Å²) >= 11 is 0. The molecule has 1 saturated heterocycles. The monoisotopic (exact) mass is 333 g/mol. The van der Waals surface area contributed by atoms with E-state index < -0.39 is 0 Å². The number of benzene rings is 1. The zero-order valence-corrected chi connectivity index (χ0v) is 14.7. The number of anilines is 1. The van der Waals surface area contributed by atoms with E-state index in [0.717, 1.165) is 6.42 Å². The van der Waals surface area contributed by atoms with E-state index >= 15 is 0 Å². The molecule has 0 aliphatic carbocycles. The number of hydrogen-bond acceptors (Lipinski definition) is 4. The second-order valence-electron chi connectivity index (χ2n) is 6.59. The van der Waals surface area contributed by atoms with Crippen molar-refractivity contribution in [3.8, 4) is 0 Å². The summed E-state index contributed by atoms with van der Waals surface area (Å²) in [4.78, 5) is 26.5. The summed E-state index contributed by atoms with van der Waals surface area (Å²) in [6.45, 7) is 8.46. The Hall–Kier alpha value is -2.08. The van der Waals surface area contributed by atoms with Crippen LogP contribution in [0, 0.1) is 0 Å². The lowest BCUT2D eigenvalue weighted by Gasteiger charge is -2.28. The van der Waals surface area contributed by atoms with Crippen LogP contribution in [-0.2, 0) is 9.53 Å². The van der Waals surface area contributed by atoms with E-state index in [2.05, 4.69) is 10.6 Å². The third-order valence-electron chi connectivity index (χ3n) is 4.26. The van der Waals surface area contributed by atoms with Gasteiger partial charge in [0.25, 0.3) is 5.91 Å². The van der Waals surface area contributed by atoms with Crippen molar-refractivity contribution in [3.05, 3.63) is 29.8 Å². The SMILES string of the molecule is CCC(C)(C)NC(=O)CNc1ccccc1C(=O)N1CCOCC1. The minimum atomic E-state index is -0.234. The fraction of sp³-hybridized carbons (Fsp3) is 0.556. The molecule has 0 atom stereocenters. The first-order chi connectivity index (χ1) is 11.4. The number of nitrogens with zero attached hydrogens (tertiary/aromatic N) is 1. The Balaban J connectivity index is 2.01. The van der Waals surface area contributed by atoms with Crippen molar-refractivity contribution in [1.29, 1.82) is 0 Å². The van der Waals surface area contributed by atoms with Gasteiger partial charge in [-0.2, -0.15) is 0 Å². The van der Waals surface area contributed by atoms with E-state index in [1.54, 1.807) is 11.0 Å². The van der Waals surface area contributed by atoms with E-state index in [-0.39, 0.29) is 23.9 Å². The lowest BCUT2D eigenvalue weighted by Crippen LogP contribution is -2.45. The van der Waals surface area contributed by atoms with Crippen molar-refractivity contribution >= 4 is 17.5 Å². The lowest BCUT2D eigenvalue weighted by atomic mass is 10.0. The lowest BCUT2D eigenvalue weighted by molar-refractivity contribution is -0.121. The van der Waals surface area contributed by atoms with Crippen LogP contribution in [0.3, 0.4) is 0 Å². The number of carbonyl (C=O) groups excluding carboxylic acids is 2. The average Bonchev–Trinajstić information content (AvgIpc) is 2.60. The summed E-state index contributed by atoms with van der Waals surface area (Å²) in [5.41, 5.74) is 1.03. The van der Waals surface area contributed by atoms with Crippen molar-refractivity contribution in [3.63, 3.8) is 0 Å². The quantitative estimate of drug-likeness (QED) is 0.834. The van der Waals surface area contributed by atoms with Crippen LogP contribution in [0.15, 0.2) is 24.3 Å². The van der Waals surface area contributed by atoms with E-state index in [0.29, 0.717) is 37.6 Å². The summed E-state index contributed by atoms with van der Waals surface area (Å²) in [5, 5.41) is 6.06. The third-order valence-corrected chi connectivity index (χ3v) is 4.26. The van der Waals surface area contributed by atoms with Gasteiger partial charge < -0.3 is 20.3 Å². The number of amides is 2. The van der Waals surface area contributed by atoms with Gasteiger partial charge in [-0.25, -0.2) is 0 Å². The number of ether oxygens (including phenoxy) is 1. The number of carbonyl (C=O) groups is 2. The van der Waals surface area contributed by atoms with Crippen molar-refractivity contribution in [2.75, 3.05) is 38.2 Å². The first kappa shape index (κ1) is 18.3. The second-order valence-corrected chi connectivity index (χ2v) is 6.59. The highest BCUT2D eigenvalue weighted by Crippen LogP contribution is 2.18. The minimum Gasteiger partial charge on any atom is -0.378 e. The molecule has 2 rings (SSSR count). The summed E-state index contributed by atoms with van der Waals surface area (Å²) in [6.07, 6.45) is 0.852. The Morgan fingerprint density at radius 2 is 1.88 bits per heavy atom. The zero-order chi connectivity index (χ0) is 17.6. The Morgan fingerprint density at radius 1 is 1.21 bits per heavy atom. The zero-order valence-electron chi connectivity index (χ0n) is 14.7. The predicted molar refractivity (Wildman–Crippen MR) is 94.2 cm³/mol. The van der Waals surface area contributed by atoms with Gasteiger partial charge in [-0.3, -0.25) is 9.59 Å². The Morgan fingerprint density at radius 3 is 2.54 bits per heavy atom. The number of rotatable bonds is 6. The molecule has 0 saturated carbocycles. The van der Waals surface area contributed by atoms with Crippen LogP contribution in [0.2, 0.25) is 0 Å². The molecule has 6 nitrogen and oxygen atoms in total. The molecule has 0 radical (unpaired) electrons. The van der Waals surface area contributed by atoms with Gasteiger partial charge in [0.2, 0.25) is 5.91 Å². The third kappa shape index (κ3) is 4.96. The smallest absolute Gasteiger partial charge is 0.256 e. The van der Waals surface area contributed by atoms with Gasteiger partial charge in [0, 0.05) is 24.3 Å². The molecule has 2 amide bonds.